The maximum absolute atomic E-state index is 11.8. The van der Waals surface area contributed by atoms with Crippen LogP contribution >= 0.6 is 0 Å². The molecule has 0 amide bonds. The van der Waals surface area contributed by atoms with Crippen molar-refractivity contribution in [1.82, 2.24) is 4.98 Å². The number of carbonyl (C=O) groups is 2. The van der Waals surface area contributed by atoms with Gasteiger partial charge in [0.05, 0.1) is 0 Å². The van der Waals surface area contributed by atoms with Crippen molar-refractivity contribution in [3.63, 3.8) is 0 Å². The summed E-state index contributed by atoms with van der Waals surface area (Å²) in [5.41, 5.74) is 2.42. The van der Waals surface area contributed by atoms with Gasteiger partial charge in [0.1, 0.15) is 5.78 Å². The average Bonchev–Trinajstić information content (AvgIpc) is 2.15. The molecule has 0 radical (unpaired) electrons. The molecule has 16 heavy (non-hydrogen) atoms. The summed E-state index contributed by atoms with van der Waals surface area (Å²) in [6, 6.07) is 3.59. The molecule has 0 N–H and O–H groups in total. The molecule has 1 heterocycles. The van der Waals surface area contributed by atoms with Gasteiger partial charge in [-0.05, 0) is 39.3 Å². The fourth-order valence-corrected chi connectivity index (χ4v) is 1.64. The minimum atomic E-state index is 0.0925. The first kappa shape index (κ1) is 12.6. The van der Waals surface area contributed by atoms with Crippen molar-refractivity contribution in [3.05, 3.63) is 29.1 Å². The highest BCUT2D eigenvalue weighted by Gasteiger charge is 2.07. The van der Waals surface area contributed by atoms with Crippen LogP contribution in [0.2, 0.25) is 0 Å². The van der Waals surface area contributed by atoms with Crippen molar-refractivity contribution in [3.8, 4) is 0 Å². The molecule has 86 valence electrons. The summed E-state index contributed by atoms with van der Waals surface area (Å²) in [4.78, 5) is 26.8. The Labute approximate surface area is 95.9 Å². The number of hydrogen-bond acceptors (Lipinski definition) is 3. The van der Waals surface area contributed by atoms with Crippen LogP contribution in [-0.4, -0.2) is 16.6 Å². The number of hydrogen-bond donors (Lipinski definition) is 0. The van der Waals surface area contributed by atoms with Gasteiger partial charge in [-0.3, -0.25) is 9.78 Å². The second kappa shape index (κ2) is 5.54. The van der Waals surface area contributed by atoms with Gasteiger partial charge in [-0.1, -0.05) is 0 Å². The van der Waals surface area contributed by atoms with Crippen molar-refractivity contribution < 1.29 is 9.59 Å². The molecule has 1 aromatic rings. The van der Waals surface area contributed by atoms with Crippen molar-refractivity contribution >= 4 is 11.6 Å². The van der Waals surface area contributed by atoms with E-state index in [-0.39, 0.29) is 11.6 Å². The predicted octanol–water partition coefficient (Wildman–Crippen LogP) is 2.64. The molecule has 0 spiro atoms. The van der Waals surface area contributed by atoms with Crippen LogP contribution in [0.3, 0.4) is 0 Å². The fraction of sp³-hybridized carbons (Fsp3) is 0.462. The standard InChI is InChI=1S/C13H17NO2/c1-9-7-12(8-10(2)14-9)13(16)6-4-5-11(3)15/h7-8H,4-6H2,1-3H3. The third kappa shape index (κ3) is 3.93. The summed E-state index contributed by atoms with van der Waals surface area (Å²) >= 11 is 0. The van der Waals surface area contributed by atoms with E-state index in [0.29, 0.717) is 24.8 Å². The molecular formula is C13H17NO2. The Balaban J connectivity index is 2.62. The molecule has 1 rings (SSSR count). The Kier molecular flexibility index (Phi) is 4.35. The van der Waals surface area contributed by atoms with Crippen molar-refractivity contribution in [2.45, 2.75) is 40.0 Å². The van der Waals surface area contributed by atoms with Crippen LogP contribution in [0.1, 0.15) is 47.9 Å². The lowest BCUT2D eigenvalue weighted by Crippen LogP contribution is -2.02. The highest BCUT2D eigenvalue weighted by atomic mass is 16.1. The number of rotatable bonds is 5. The van der Waals surface area contributed by atoms with E-state index in [0.717, 1.165) is 11.4 Å². The summed E-state index contributed by atoms with van der Waals surface area (Å²) in [5.74, 6) is 0.227. The molecule has 3 heteroatoms. The molecule has 0 atom stereocenters. The molecule has 0 saturated carbocycles. The zero-order valence-electron chi connectivity index (χ0n) is 10.0. The second-order valence-corrected chi connectivity index (χ2v) is 4.12. The first-order valence-corrected chi connectivity index (χ1v) is 5.47. The normalized spacial score (nSPS) is 10.2. The van der Waals surface area contributed by atoms with Gasteiger partial charge in [-0.25, -0.2) is 0 Å². The van der Waals surface area contributed by atoms with Crippen LogP contribution in [0, 0.1) is 13.8 Å². The van der Waals surface area contributed by atoms with E-state index in [4.69, 9.17) is 0 Å². The maximum atomic E-state index is 11.8. The topological polar surface area (TPSA) is 47.0 Å². The first-order valence-electron chi connectivity index (χ1n) is 5.47. The van der Waals surface area contributed by atoms with E-state index in [2.05, 4.69) is 4.98 Å². The number of aromatic nitrogens is 1. The zero-order chi connectivity index (χ0) is 12.1. The van der Waals surface area contributed by atoms with Gasteiger partial charge in [0, 0.05) is 29.8 Å². The molecule has 0 aromatic carbocycles. The Morgan fingerprint density at radius 1 is 1.12 bits per heavy atom. The number of nitrogens with zero attached hydrogens (tertiary/aromatic N) is 1. The Morgan fingerprint density at radius 2 is 1.69 bits per heavy atom. The number of pyridine rings is 1. The summed E-state index contributed by atoms with van der Waals surface area (Å²) in [6.07, 6.45) is 1.55. The number of aryl methyl sites for hydroxylation is 2. The smallest absolute Gasteiger partial charge is 0.163 e. The molecule has 1 aromatic heterocycles. The zero-order valence-corrected chi connectivity index (χ0v) is 10.0. The van der Waals surface area contributed by atoms with E-state index in [1.807, 2.05) is 13.8 Å². The van der Waals surface area contributed by atoms with E-state index in [9.17, 15) is 9.59 Å². The van der Waals surface area contributed by atoms with Gasteiger partial charge in [0.25, 0.3) is 0 Å². The summed E-state index contributed by atoms with van der Waals surface area (Å²) < 4.78 is 0. The lowest BCUT2D eigenvalue weighted by molar-refractivity contribution is -0.117. The predicted molar refractivity (Wildman–Crippen MR) is 62.6 cm³/mol. The van der Waals surface area contributed by atoms with Crippen LogP contribution < -0.4 is 0 Å². The van der Waals surface area contributed by atoms with Gasteiger partial charge in [-0.15, -0.1) is 0 Å². The number of Topliss-reactive ketones (excluding diaryl/α,β-unsaturated/α-hetero) is 2. The third-order valence-corrected chi connectivity index (χ3v) is 2.34. The Hall–Kier alpha value is -1.51. The molecule has 0 unspecified atom stereocenters. The monoisotopic (exact) mass is 219 g/mol. The molecule has 0 bridgehead atoms. The van der Waals surface area contributed by atoms with Crippen LogP contribution in [-0.2, 0) is 4.79 Å². The van der Waals surface area contributed by atoms with Gasteiger partial charge >= 0.3 is 0 Å². The third-order valence-electron chi connectivity index (χ3n) is 2.34. The van der Waals surface area contributed by atoms with E-state index in [1.54, 1.807) is 19.1 Å². The van der Waals surface area contributed by atoms with Gasteiger partial charge in [-0.2, -0.15) is 0 Å². The van der Waals surface area contributed by atoms with Gasteiger partial charge < -0.3 is 4.79 Å². The lowest BCUT2D eigenvalue weighted by atomic mass is 10.0. The van der Waals surface area contributed by atoms with Crippen molar-refractivity contribution in [2.24, 2.45) is 0 Å². The molecule has 0 fully saturated rings. The van der Waals surface area contributed by atoms with Crippen LogP contribution in [0.4, 0.5) is 0 Å². The maximum Gasteiger partial charge on any atom is 0.163 e. The summed E-state index contributed by atoms with van der Waals surface area (Å²) in [6.45, 7) is 5.30. The van der Waals surface area contributed by atoms with E-state index >= 15 is 0 Å². The lowest BCUT2D eigenvalue weighted by Gasteiger charge is -2.03. The van der Waals surface area contributed by atoms with Crippen molar-refractivity contribution in [2.75, 3.05) is 0 Å². The Bertz CT molecular complexity index is 390. The number of ketones is 2. The fourth-order valence-electron chi connectivity index (χ4n) is 1.64. The van der Waals surface area contributed by atoms with Crippen LogP contribution in [0.25, 0.3) is 0 Å². The summed E-state index contributed by atoms with van der Waals surface area (Å²) in [7, 11) is 0. The highest BCUT2D eigenvalue weighted by Crippen LogP contribution is 2.10. The SMILES string of the molecule is CC(=O)CCCC(=O)c1cc(C)nc(C)c1. The molecule has 0 aliphatic carbocycles. The van der Waals surface area contributed by atoms with E-state index in [1.165, 1.54) is 0 Å². The highest BCUT2D eigenvalue weighted by molar-refractivity contribution is 5.96. The second-order valence-electron chi connectivity index (χ2n) is 4.12. The molecule has 0 aliphatic heterocycles. The van der Waals surface area contributed by atoms with Crippen LogP contribution in [0.5, 0.6) is 0 Å². The van der Waals surface area contributed by atoms with Crippen LogP contribution in [0.15, 0.2) is 12.1 Å². The van der Waals surface area contributed by atoms with Crippen molar-refractivity contribution in [1.29, 1.82) is 0 Å². The average molecular weight is 219 g/mol. The minimum Gasteiger partial charge on any atom is -0.300 e. The van der Waals surface area contributed by atoms with Gasteiger partial charge in [0.2, 0.25) is 0 Å². The quantitative estimate of drug-likeness (QED) is 0.715. The molecule has 0 saturated heterocycles. The molecular weight excluding hydrogens is 202 g/mol. The first-order chi connectivity index (χ1) is 7.49. The molecule has 0 aliphatic rings. The summed E-state index contributed by atoms with van der Waals surface area (Å²) in [5, 5.41) is 0. The molecule has 3 nitrogen and oxygen atoms in total. The Morgan fingerprint density at radius 3 is 2.19 bits per heavy atom. The minimum absolute atomic E-state index is 0.0925. The largest absolute Gasteiger partial charge is 0.300 e. The van der Waals surface area contributed by atoms with E-state index < -0.39 is 0 Å². The number of carbonyl (C=O) groups excluding carboxylic acids is 2. The van der Waals surface area contributed by atoms with Gasteiger partial charge in [0.15, 0.2) is 5.78 Å².